The number of nitrogen functional groups attached to an aromatic ring is 4. The van der Waals surface area contributed by atoms with Gasteiger partial charge in [-0.3, -0.25) is 85.4 Å². The lowest BCUT2D eigenvalue weighted by Crippen LogP contribution is -2.34. The number of H-pyrrole nitrogens is 5. The number of nitrogens with zero attached hydrogens (tertiary/aromatic N) is 13. The number of aromatic amines is 5. The van der Waals surface area contributed by atoms with E-state index in [9.17, 15) is 81.9 Å². The van der Waals surface area contributed by atoms with Crippen LogP contribution in [-0.2, 0) is 184 Å². The van der Waals surface area contributed by atoms with Crippen LogP contribution in [0, 0.1) is 34.6 Å². The van der Waals surface area contributed by atoms with E-state index < -0.39 is 298 Å². The Morgan fingerprint density at radius 1 is 0.379 bits per heavy atom. The van der Waals surface area contributed by atoms with Gasteiger partial charge >= 0.3 is 35.2 Å². The Morgan fingerprint density at radius 3 is 1.00 bits per heavy atom. The summed E-state index contributed by atoms with van der Waals surface area (Å²) in [7, 11) is 1.03. The molecule has 0 aromatic carbocycles. The molecule has 28 atom stereocenters. The summed E-state index contributed by atoms with van der Waals surface area (Å²) in [5, 5.41) is 0. The number of aromatic nitrogens is 18. The van der Waals surface area contributed by atoms with E-state index >= 15 is 0 Å². The second kappa shape index (κ2) is 44.1. The van der Waals surface area contributed by atoms with E-state index in [1.165, 1.54) is 60.1 Å². The van der Waals surface area contributed by atoms with Crippen molar-refractivity contribution in [3.8, 4) is 0 Å². The van der Waals surface area contributed by atoms with Crippen molar-refractivity contribution in [1.29, 1.82) is 0 Å². The van der Waals surface area contributed by atoms with Crippen LogP contribution in [-0.4, -0.2) is 224 Å². The second-order valence-electron chi connectivity index (χ2n) is 33.8. The van der Waals surface area contributed by atoms with E-state index in [0.29, 0.717) is 5.56 Å². The first-order chi connectivity index (χ1) is 68.0. The van der Waals surface area contributed by atoms with Gasteiger partial charge in [0.15, 0.2) is 29.1 Å². The van der Waals surface area contributed by atoms with Gasteiger partial charge in [0.05, 0.1) is 101 Å². The highest BCUT2D eigenvalue weighted by Gasteiger charge is 2.50. The molecule has 9 aromatic heterocycles. The van der Waals surface area contributed by atoms with Crippen LogP contribution >= 0.6 is 47.1 Å². The fourth-order valence-electron chi connectivity index (χ4n) is 16.5. The average Bonchev–Trinajstić information content (AvgIpc) is 1.62. The Morgan fingerprint density at radius 2 is 0.655 bits per heavy atom. The van der Waals surface area contributed by atoms with E-state index in [1.807, 2.05) is 0 Å². The third-order valence-corrected chi connectivity index (χ3v) is 34.8. The minimum Gasteiger partial charge on any atom is -0.780 e. The van der Waals surface area contributed by atoms with Crippen LogP contribution < -0.4 is 104 Å². The van der Waals surface area contributed by atoms with Gasteiger partial charge < -0.3 is 161 Å². The largest absolute Gasteiger partial charge is 0.780 e. The third kappa shape index (κ3) is 26.2. The van der Waals surface area contributed by atoms with Gasteiger partial charge in [-0.1, -0.05) is 59.0 Å². The Hall–Kier alpha value is -6.90. The van der Waals surface area contributed by atoms with Crippen molar-refractivity contribution in [1.82, 2.24) is 86.8 Å². The summed E-state index contributed by atoms with van der Waals surface area (Å²) >= 11 is 37.9. The maximum atomic E-state index is 14.9. The van der Waals surface area contributed by atoms with E-state index in [4.69, 9.17) is 203 Å². The number of imidazole rings is 2. The molecule has 16 heterocycles. The molecule has 0 amide bonds. The van der Waals surface area contributed by atoms with Gasteiger partial charge in [0.2, 0.25) is 11.9 Å². The number of anilines is 4. The van der Waals surface area contributed by atoms with Gasteiger partial charge in [-0.25, -0.2) is 33.9 Å². The van der Waals surface area contributed by atoms with Crippen molar-refractivity contribution in [2.24, 2.45) is 0 Å². The quantitative estimate of drug-likeness (QED) is 0.0132. The van der Waals surface area contributed by atoms with Gasteiger partial charge in [0, 0.05) is 111 Å². The smallest absolute Gasteiger partial charge is 0.351 e. The molecule has 0 saturated carbocycles. The second-order valence-corrected chi connectivity index (χ2v) is 52.9. The Kier molecular flexibility index (Phi) is 33.6. The molecule has 0 spiro atoms. The van der Waals surface area contributed by atoms with E-state index in [-0.39, 0.29) is 87.4 Å². The van der Waals surface area contributed by atoms with Crippen molar-refractivity contribution in [3.63, 3.8) is 0 Å². The van der Waals surface area contributed by atoms with Crippen LogP contribution in [0.4, 0.5) is 23.5 Å². The Balaban J connectivity index is 0.606. The number of rotatable bonds is 40. The zero-order valence-electron chi connectivity index (χ0n) is 76.0. The predicted molar refractivity (Wildman–Crippen MR) is 514 cm³/mol. The number of ether oxygens (including phenoxy) is 7. The number of hydrogen-bond donors (Lipinski definition) is 10. The normalized spacial score (nSPS) is 29.5. The van der Waals surface area contributed by atoms with Crippen molar-refractivity contribution < 1.29 is 130 Å². The minimum absolute atomic E-state index is 0.000612. The Bertz CT molecular complexity index is 7500. The van der Waals surface area contributed by atoms with Crippen LogP contribution in [0.5, 0.6) is 0 Å². The molecule has 7 fully saturated rings. The lowest BCUT2D eigenvalue weighted by molar-refractivity contribution is -0.220. The molecule has 145 heavy (non-hydrogen) atoms. The molecular weight excluding hydrogens is 2210 g/mol. The van der Waals surface area contributed by atoms with Gasteiger partial charge in [-0.05, 0) is 53.3 Å². The molecule has 7 aliphatic heterocycles. The van der Waals surface area contributed by atoms with Crippen LogP contribution in [0.15, 0.2) is 91.6 Å². The van der Waals surface area contributed by atoms with E-state index in [0.717, 1.165) is 50.3 Å². The molecular formula is C71H89N22O38P7S7-6. The summed E-state index contributed by atoms with van der Waals surface area (Å²) < 4.78 is 147. The van der Waals surface area contributed by atoms with Crippen LogP contribution in [0.2, 0.25) is 0 Å². The van der Waals surface area contributed by atoms with E-state index in [2.05, 4.69) is 54.8 Å². The van der Waals surface area contributed by atoms with Crippen molar-refractivity contribution in [2.75, 3.05) is 69.7 Å². The van der Waals surface area contributed by atoms with Crippen LogP contribution in [0.25, 0.3) is 22.3 Å². The molecule has 74 heteroatoms. The zero-order valence-corrected chi connectivity index (χ0v) is 88.0. The maximum absolute atomic E-state index is 14.9. The number of hydrogen-bond acceptors (Lipinski definition) is 54. The van der Waals surface area contributed by atoms with Gasteiger partial charge in [-0.2, -0.15) is 19.9 Å². The fraction of sp³-hybridized carbons (Fsp3) is 0.577. The number of nitrogens with one attached hydrogen (secondary N) is 5. The third-order valence-electron chi connectivity index (χ3n) is 23.7. The molecule has 7 aliphatic rings. The number of fused-ring (bicyclic) bond motifs is 2. The summed E-state index contributed by atoms with van der Waals surface area (Å²) in [6.45, 7) is -30.1. The molecule has 14 N–H and O–H groups in total. The van der Waals surface area contributed by atoms with Crippen LogP contribution in [0.1, 0.15) is 123 Å². The molecule has 14 unspecified atom stereocenters. The molecule has 60 nitrogen and oxygen atoms in total. The maximum Gasteiger partial charge on any atom is 0.351 e. The van der Waals surface area contributed by atoms with Gasteiger partial charge in [-0.15, -0.1) is 0 Å². The van der Waals surface area contributed by atoms with Crippen molar-refractivity contribution in [2.45, 2.75) is 216 Å². The van der Waals surface area contributed by atoms with Gasteiger partial charge in [0.1, 0.15) is 125 Å². The Labute approximate surface area is 848 Å². The van der Waals surface area contributed by atoms with Crippen molar-refractivity contribution >= 4 is 176 Å². The molecule has 0 aliphatic carbocycles. The first-order valence-electron chi connectivity index (χ1n) is 43.1. The molecule has 0 radical (unpaired) electrons. The van der Waals surface area contributed by atoms with E-state index in [1.54, 1.807) is 13.8 Å². The minimum atomic E-state index is -5.09. The van der Waals surface area contributed by atoms with Crippen LogP contribution in [0.3, 0.4) is 0 Å². The number of nitrogens with two attached hydrogens (primary N) is 4. The molecule has 9 aromatic rings. The number of aryl methyl sites for hydroxylation is 5. The van der Waals surface area contributed by atoms with Gasteiger partial charge in [0.25, 0.3) is 27.8 Å². The SMILES string of the molecule is COP([O-])(=S)OC1C[C@H](n2cnc3c(=O)[nH]c(N)nc32)O[C@@H]1COP([O-])(=S)OC1C[C@H](n2cnc3c(=O)[nH]c(N)nc32)O[C@@H]1COP(O)(=S)OC1C[C@H](n2cc(C)c(=O)[nH]c2=O)O[C@@H]1COP([O-])(=S)OC1C[C@H](n2cc(C)c(=O)[nH]c2=O)O[C@@H]1COP([O-])(=S)OC1C[C@H](n2cc(C)c(N)nc2=O)O[C@@H]1COP(=O)([S-])OC1C[C@H](n2cc(C)c(=O)[nH]c2=O)O[C@@H]1COP([O-])(=S)OC1C[C@H](n2cc(C)c(N)nc2=O)O[C@@H]1C. The first-order valence-corrected chi connectivity index (χ1v) is 61.0. The zero-order chi connectivity index (χ0) is 105. The first kappa shape index (κ1) is 111. The molecule has 16 rings (SSSR count). The lowest BCUT2D eigenvalue weighted by atomic mass is 10.2. The summed E-state index contributed by atoms with van der Waals surface area (Å²) in [5.41, 5.74) is 15.4. The molecule has 794 valence electrons. The summed E-state index contributed by atoms with van der Waals surface area (Å²) in [6, 6.07) is 0. The molecule has 0 bridgehead atoms. The van der Waals surface area contributed by atoms with Crippen molar-refractivity contribution in [3.05, 3.63) is 176 Å². The standard InChI is InChI=1S/C71H95N22O38P7S7/c1-28-15-87(67(99)78-56(28)72)47-8-34(33(6)118-47)125-133(105,140)112-21-42-37(10-49(120-42)89-17-30(3)60(94)84-69(89)101)128-135(107,142)114-22-43-36(9-48(119-43)88-16-29(2)57(73)79-68(88)100)127-134(106,141)115-23-44-38(11-50(121-44)90-18-31(4)61(95)85-70(90)102)129-136(108,143)116-24-45-39(12-51(122-45)91-19-32(5)62(96)86-71(91)103)130-137(109,144)117-25-46-40(14-53(124-46)93-27-77-55-59(93)81-66(75)83-64(55)98)131-138(110,145)113-20-41-35(126-132(104,139)111-7)13-52(123-41)92-26-76-54-58(92)80-65(74)82-63(54)97/h15-19,26-27,33-53H,8-14,20-25H2,1-7H3,(H,104,139)(H,105,140)(H,106,141)(H,107,142)(H,108,143)(H,109,144)(H,110,145)(H2,72,78,99)(H2,73,79,100)(H,84,94,101)(H,85,95,102)(H,86,96,103)(H3,74,80,82,97)(H3,75,81,83,98)/p-6/t33-,34?,35?,36?,37?,38?,39?,40?,41-,42-,43-,44-,45-,46-,47-,48-,49-,50-,51-,52-,53-,132?,133?,134?,135?,136?,137?,138?/m1/s1. The fourth-order valence-corrected chi connectivity index (χ4v) is 26.3. The summed E-state index contributed by atoms with van der Waals surface area (Å²) in [6.07, 6.45) is -23.4. The highest BCUT2D eigenvalue weighted by atomic mass is 32.7. The topological polar surface area (TPSA) is 812 Å². The summed E-state index contributed by atoms with van der Waals surface area (Å²) in [5.74, 6) is -0.785. The monoisotopic (exact) mass is 2300 g/mol. The summed E-state index contributed by atoms with van der Waals surface area (Å²) in [4.78, 5) is 250. The highest BCUT2D eigenvalue weighted by Crippen LogP contribution is 2.57. The average molecular weight is 2300 g/mol. The highest BCUT2D eigenvalue weighted by molar-refractivity contribution is 8.32. The predicted octanol–water partition coefficient (Wildman–Crippen LogP) is -3.44. The molecule has 7 saturated heterocycles. The lowest BCUT2D eigenvalue weighted by Gasteiger charge is -2.36.